The molecule has 0 aliphatic rings. The highest BCUT2D eigenvalue weighted by atomic mass is 16.5. The van der Waals surface area contributed by atoms with Crippen LogP contribution in [0.25, 0.3) is 0 Å². The largest absolute Gasteiger partial charge is 0.464 e. The summed E-state index contributed by atoms with van der Waals surface area (Å²) < 4.78 is 4.69. The summed E-state index contributed by atoms with van der Waals surface area (Å²) in [6.45, 7) is 3.80. The van der Waals surface area contributed by atoms with Gasteiger partial charge in [0, 0.05) is 13.0 Å². The van der Waals surface area contributed by atoms with E-state index in [0.717, 1.165) is 0 Å². The van der Waals surface area contributed by atoms with Crippen LogP contribution < -0.4 is 5.32 Å². The standard InChI is InChI=1S/C6H13NO2/c1-5(7-3)4-9-6(2)8/h5,7H,4H2,1-3H3/t5-/m0/s1. The fourth-order valence-electron chi connectivity index (χ4n) is 0.326. The van der Waals surface area contributed by atoms with Crippen LogP contribution in [0.3, 0.4) is 0 Å². The van der Waals surface area contributed by atoms with Crippen LogP contribution in [0, 0.1) is 0 Å². The topological polar surface area (TPSA) is 38.3 Å². The first kappa shape index (κ1) is 8.43. The third kappa shape index (κ3) is 5.30. The lowest BCUT2D eigenvalue weighted by molar-refractivity contribution is -0.141. The zero-order valence-electron chi connectivity index (χ0n) is 6.10. The number of carbonyl (C=O) groups excluding carboxylic acids is 1. The van der Waals surface area contributed by atoms with Crippen molar-refractivity contribution in [1.82, 2.24) is 5.32 Å². The van der Waals surface area contributed by atoms with Crippen LogP contribution in [0.5, 0.6) is 0 Å². The Bertz CT molecular complexity index is 93.1. The van der Waals surface area contributed by atoms with Crippen LogP contribution in [0.1, 0.15) is 13.8 Å². The molecule has 3 heteroatoms. The van der Waals surface area contributed by atoms with E-state index in [4.69, 9.17) is 4.74 Å². The lowest BCUT2D eigenvalue weighted by atomic mass is 10.4. The highest BCUT2D eigenvalue weighted by Gasteiger charge is 1.98. The van der Waals surface area contributed by atoms with Crippen molar-refractivity contribution in [2.75, 3.05) is 13.7 Å². The molecule has 3 nitrogen and oxygen atoms in total. The molecule has 0 heterocycles. The molecule has 1 N–H and O–H groups in total. The summed E-state index contributed by atoms with van der Waals surface area (Å²) in [5.41, 5.74) is 0. The van der Waals surface area contributed by atoms with Gasteiger partial charge in [-0.2, -0.15) is 0 Å². The second kappa shape index (κ2) is 4.32. The third-order valence-electron chi connectivity index (χ3n) is 1.03. The predicted octanol–water partition coefficient (Wildman–Crippen LogP) is 0.157. The molecule has 54 valence electrons. The first-order valence-corrected chi connectivity index (χ1v) is 2.97. The molecular weight excluding hydrogens is 118 g/mol. The quantitative estimate of drug-likeness (QED) is 0.554. The van der Waals surface area contributed by atoms with Crippen molar-refractivity contribution < 1.29 is 9.53 Å². The van der Waals surface area contributed by atoms with Crippen molar-refractivity contribution in [3.05, 3.63) is 0 Å². The van der Waals surface area contributed by atoms with Gasteiger partial charge in [0.25, 0.3) is 0 Å². The smallest absolute Gasteiger partial charge is 0.302 e. The van der Waals surface area contributed by atoms with E-state index in [9.17, 15) is 4.79 Å². The fraction of sp³-hybridized carbons (Fsp3) is 0.833. The number of rotatable bonds is 3. The third-order valence-corrected chi connectivity index (χ3v) is 1.03. The monoisotopic (exact) mass is 131 g/mol. The van der Waals surface area contributed by atoms with Gasteiger partial charge in [0.1, 0.15) is 6.61 Å². The van der Waals surface area contributed by atoms with Gasteiger partial charge in [-0.15, -0.1) is 0 Å². The summed E-state index contributed by atoms with van der Waals surface area (Å²) in [6, 6.07) is 0.244. The van der Waals surface area contributed by atoms with Gasteiger partial charge in [0.2, 0.25) is 0 Å². The maximum absolute atomic E-state index is 10.2. The fourth-order valence-corrected chi connectivity index (χ4v) is 0.326. The molecule has 0 unspecified atom stereocenters. The van der Waals surface area contributed by atoms with E-state index in [1.165, 1.54) is 6.92 Å². The zero-order chi connectivity index (χ0) is 7.28. The average Bonchev–Trinajstić information content (AvgIpc) is 1.83. The van der Waals surface area contributed by atoms with Gasteiger partial charge in [-0.05, 0) is 14.0 Å². The molecule has 0 amide bonds. The Morgan fingerprint density at radius 2 is 2.33 bits per heavy atom. The Morgan fingerprint density at radius 3 is 2.67 bits per heavy atom. The zero-order valence-corrected chi connectivity index (χ0v) is 6.10. The number of esters is 1. The average molecular weight is 131 g/mol. The Morgan fingerprint density at radius 1 is 1.78 bits per heavy atom. The highest BCUT2D eigenvalue weighted by Crippen LogP contribution is 1.82. The summed E-state index contributed by atoms with van der Waals surface area (Å²) in [5.74, 6) is -0.225. The van der Waals surface area contributed by atoms with Crippen molar-refractivity contribution in [3.8, 4) is 0 Å². The van der Waals surface area contributed by atoms with Crippen LogP contribution in [0.2, 0.25) is 0 Å². The molecule has 0 aliphatic heterocycles. The molecule has 1 atom stereocenters. The lowest BCUT2D eigenvalue weighted by Gasteiger charge is -2.08. The number of nitrogens with one attached hydrogen (secondary N) is 1. The molecule has 0 radical (unpaired) electrons. The Balaban J connectivity index is 3.16. The van der Waals surface area contributed by atoms with Crippen molar-refractivity contribution in [2.24, 2.45) is 0 Å². The molecule has 0 fully saturated rings. The molecule has 0 rings (SSSR count). The highest BCUT2D eigenvalue weighted by molar-refractivity contribution is 5.65. The molecule has 9 heavy (non-hydrogen) atoms. The van der Waals surface area contributed by atoms with Crippen LogP contribution >= 0.6 is 0 Å². The summed E-state index contributed by atoms with van der Waals surface area (Å²) in [5, 5.41) is 2.94. The molecule has 0 aromatic heterocycles. The van der Waals surface area contributed by atoms with E-state index in [0.29, 0.717) is 6.61 Å². The van der Waals surface area contributed by atoms with Crippen LogP contribution in [-0.2, 0) is 9.53 Å². The molecule has 0 saturated heterocycles. The number of hydrogen-bond donors (Lipinski definition) is 1. The number of likely N-dealkylation sites (N-methyl/N-ethyl adjacent to an activating group) is 1. The molecular formula is C6H13NO2. The van der Waals surface area contributed by atoms with Gasteiger partial charge < -0.3 is 10.1 Å². The Kier molecular flexibility index (Phi) is 4.05. The van der Waals surface area contributed by atoms with Gasteiger partial charge in [0.05, 0.1) is 0 Å². The maximum atomic E-state index is 10.2. The van der Waals surface area contributed by atoms with Gasteiger partial charge in [-0.1, -0.05) is 0 Å². The summed E-state index contributed by atoms with van der Waals surface area (Å²) in [4.78, 5) is 10.2. The van der Waals surface area contributed by atoms with Crippen molar-refractivity contribution >= 4 is 5.97 Å². The van der Waals surface area contributed by atoms with Gasteiger partial charge in [-0.25, -0.2) is 0 Å². The lowest BCUT2D eigenvalue weighted by Crippen LogP contribution is -2.27. The van der Waals surface area contributed by atoms with Gasteiger partial charge in [-0.3, -0.25) is 4.79 Å². The molecule has 0 aromatic rings. The summed E-state index contributed by atoms with van der Waals surface area (Å²) in [7, 11) is 1.83. The normalized spacial score (nSPS) is 12.8. The number of ether oxygens (including phenoxy) is 1. The SMILES string of the molecule is CN[C@@H](C)COC(C)=O. The minimum absolute atomic E-state index is 0.225. The molecule has 0 aromatic carbocycles. The van der Waals surface area contributed by atoms with Gasteiger partial charge >= 0.3 is 5.97 Å². The maximum Gasteiger partial charge on any atom is 0.302 e. The van der Waals surface area contributed by atoms with Crippen molar-refractivity contribution in [3.63, 3.8) is 0 Å². The van der Waals surface area contributed by atoms with E-state index in [-0.39, 0.29) is 12.0 Å². The molecule has 0 spiro atoms. The van der Waals surface area contributed by atoms with E-state index in [1.54, 1.807) is 0 Å². The Hall–Kier alpha value is -0.570. The number of hydrogen-bond acceptors (Lipinski definition) is 3. The van der Waals surface area contributed by atoms with E-state index in [2.05, 4.69) is 5.32 Å². The summed E-state index contributed by atoms with van der Waals surface area (Å²) in [6.07, 6.45) is 0. The molecule has 0 bridgehead atoms. The second-order valence-corrected chi connectivity index (χ2v) is 1.99. The predicted molar refractivity (Wildman–Crippen MR) is 35.2 cm³/mol. The Labute approximate surface area is 55.4 Å². The van der Waals surface area contributed by atoms with E-state index < -0.39 is 0 Å². The minimum Gasteiger partial charge on any atom is -0.464 e. The molecule has 0 saturated carbocycles. The van der Waals surface area contributed by atoms with Crippen LogP contribution in [-0.4, -0.2) is 25.7 Å². The second-order valence-electron chi connectivity index (χ2n) is 1.99. The minimum atomic E-state index is -0.225. The van der Waals surface area contributed by atoms with Crippen molar-refractivity contribution in [2.45, 2.75) is 19.9 Å². The van der Waals surface area contributed by atoms with Crippen LogP contribution in [0.15, 0.2) is 0 Å². The summed E-state index contributed by atoms with van der Waals surface area (Å²) >= 11 is 0. The molecule has 0 aliphatic carbocycles. The first-order valence-electron chi connectivity index (χ1n) is 2.97. The first-order chi connectivity index (χ1) is 4.16. The van der Waals surface area contributed by atoms with E-state index >= 15 is 0 Å². The van der Waals surface area contributed by atoms with Crippen LogP contribution in [0.4, 0.5) is 0 Å². The number of carbonyl (C=O) groups is 1. The van der Waals surface area contributed by atoms with Gasteiger partial charge in [0.15, 0.2) is 0 Å². The van der Waals surface area contributed by atoms with E-state index in [1.807, 2.05) is 14.0 Å². The van der Waals surface area contributed by atoms with Crippen molar-refractivity contribution in [1.29, 1.82) is 0 Å².